The lowest BCUT2D eigenvalue weighted by molar-refractivity contribution is 0.0992. The number of amides is 3. The highest BCUT2D eigenvalue weighted by Crippen LogP contribution is 2.13. The van der Waals surface area contributed by atoms with Crippen molar-refractivity contribution in [2.75, 3.05) is 18.5 Å². The Bertz CT molecular complexity index is 726. The van der Waals surface area contributed by atoms with Crippen LogP contribution in [-0.4, -0.2) is 34.9 Å². The van der Waals surface area contributed by atoms with E-state index in [2.05, 4.69) is 15.7 Å². The molecule has 0 unspecified atom stereocenters. The molecule has 0 atom stereocenters. The molecule has 0 aliphatic heterocycles. The van der Waals surface area contributed by atoms with Crippen LogP contribution in [0.3, 0.4) is 0 Å². The van der Waals surface area contributed by atoms with Crippen molar-refractivity contribution in [3.8, 4) is 5.75 Å². The van der Waals surface area contributed by atoms with Crippen molar-refractivity contribution >= 4 is 17.6 Å². The number of anilines is 1. The van der Waals surface area contributed by atoms with E-state index >= 15 is 0 Å². The van der Waals surface area contributed by atoms with Crippen LogP contribution in [0.1, 0.15) is 22.5 Å². The third kappa shape index (κ3) is 4.73. The molecular weight excluding hydrogens is 310 g/mol. The van der Waals surface area contributed by atoms with Gasteiger partial charge in [0.25, 0.3) is 5.91 Å². The number of aryl methyl sites for hydroxylation is 2. The molecule has 0 saturated heterocycles. The van der Waals surface area contributed by atoms with E-state index in [-0.39, 0.29) is 11.4 Å². The summed E-state index contributed by atoms with van der Waals surface area (Å²) in [5.74, 6) is 0.151. The Balaban J connectivity index is 1.71. The van der Waals surface area contributed by atoms with Crippen LogP contribution in [0.2, 0.25) is 0 Å². The smallest absolute Gasteiger partial charge is 0.319 e. The number of primary amides is 1. The van der Waals surface area contributed by atoms with Gasteiger partial charge in [-0.2, -0.15) is 5.10 Å². The molecule has 2 aromatic rings. The first-order valence-electron chi connectivity index (χ1n) is 7.53. The number of urea groups is 1. The second-order valence-corrected chi connectivity index (χ2v) is 5.29. The van der Waals surface area contributed by atoms with Gasteiger partial charge < -0.3 is 21.1 Å². The second-order valence-electron chi connectivity index (χ2n) is 5.29. The maximum atomic E-state index is 11.8. The summed E-state index contributed by atoms with van der Waals surface area (Å²) in [6.07, 6.45) is 2.03. The number of hydrogen-bond donors (Lipinski definition) is 3. The van der Waals surface area contributed by atoms with Crippen LogP contribution in [0, 0.1) is 6.92 Å². The number of carbonyl (C=O) groups is 2. The SMILES string of the molecule is Cc1cccc(OCCCNC(=O)Nc2cnn(C)c2C(N)=O)c1. The zero-order valence-corrected chi connectivity index (χ0v) is 13.7. The fourth-order valence-electron chi connectivity index (χ4n) is 2.16. The van der Waals surface area contributed by atoms with Gasteiger partial charge in [0.1, 0.15) is 11.4 Å². The van der Waals surface area contributed by atoms with Gasteiger partial charge in [0, 0.05) is 13.6 Å². The third-order valence-electron chi connectivity index (χ3n) is 3.29. The average molecular weight is 331 g/mol. The lowest BCUT2D eigenvalue weighted by Crippen LogP contribution is -2.31. The quantitative estimate of drug-likeness (QED) is 0.666. The van der Waals surface area contributed by atoms with Crippen LogP contribution in [0.25, 0.3) is 0 Å². The van der Waals surface area contributed by atoms with E-state index in [1.54, 1.807) is 7.05 Å². The first-order chi connectivity index (χ1) is 11.5. The van der Waals surface area contributed by atoms with Crippen LogP contribution in [0.5, 0.6) is 5.75 Å². The highest BCUT2D eigenvalue weighted by molar-refractivity contribution is 6.01. The van der Waals surface area contributed by atoms with Crippen LogP contribution < -0.4 is 21.1 Å². The third-order valence-corrected chi connectivity index (χ3v) is 3.29. The number of ether oxygens (including phenoxy) is 1. The highest BCUT2D eigenvalue weighted by atomic mass is 16.5. The lowest BCUT2D eigenvalue weighted by Gasteiger charge is -2.09. The second kappa shape index (κ2) is 8.00. The zero-order valence-electron chi connectivity index (χ0n) is 13.7. The number of benzene rings is 1. The molecule has 8 nitrogen and oxygen atoms in total. The van der Waals surface area contributed by atoms with Gasteiger partial charge in [-0.05, 0) is 31.0 Å². The maximum absolute atomic E-state index is 11.8. The highest BCUT2D eigenvalue weighted by Gasteiger charge is 2.15. The molecule has 0 aliphatic rings. The summed E-state index contributed by atoms with van der Waals surface area (Å²) in [6.45, 7) is 2.92. The summed E-state index contributed by atoms with van der Waals surface area (Å²) in [5, 5.41) is 9.13. The largest absolute Gasteiger partial charge is 0.494 e. The van der Waals surface area contributed by atoms with Gasteiger partial charge in [0.05, 0.1) is 18.5 Å². The number of carbonyl (C=O) groups excluding carboxylic acids is 2. The van der Waals surface area contributed by atoms with Gasteiger partial charge in [-0.15, -0.1) is 0 Å². The topological polar surface area (TPSA) is 111 Å². The average Bonchev–Trinajstić information content (AvgIpc) is 2.87. The summed E-state index contributed by atoms with van der Waals surface area (Å²) >= 11 is 0. The van der Waals surface area contributed by atoms with Crippen molar-refractivity contribution in [3.05, 3.63) is 41.7 Å². The van der Waals surface area contributed by atoms with Crippen molar-refractivity contribution in [3.63, 3.8) is 0 Å². The van der Waals surface area contributed by atoms with Gasteiger partial charge >= 0.3 is 6.03 Å². The van der Waals surface area contributed by atoms with Gasteiger partial charge in [-0.3, -0.25) is 9.48 Å². The maximum Gasteiger partial charge on any atom is 0.319 e. The molecule has 1 heterocycles. The van der Waals surface area contributed by atoms with Crippen molar-refractivity contribution in [2.45, 2.75) is 13.3 Å². The number of rotatable bonds is 7. The van der Waals surface area contributed by atoms with E-state index in [0.29, 0.717) is 19.6 Å². The van der Waals surface area contributed by atoms with Gasteiger partial charge in [-0.25, -0.2) is 4.79 Å². The molecule has 24 heavy (non-hydrogen) atoms. The van der Waals surface area contributed by atoms with E-state index in [1.807, 2.05) is 31.2 Å². The molecule has 0 radical (unpaired) electrons. The Kier molecular flexibility index (Phi) is 5.78. The Labute approximate surface area is 140 Å². The Morgan fingerprint density at radius 1 is 1.38 bits per heavy atom. The number of nitrogens with one attached hydrogen (secondary N) is 2. The number of nitrogens with two attached hydrogens (primary N) is 1. The number of nitrogens with zero attached hydrogens (tertiary/aromatic N) is 2. The molecule has 0 saturated carbocycles. The number of aromatic nitrogens is 2. The monoisotopic (exact) mass is 331 g/mol. The first kappa shape index (κ1) is 17.3. The lowest BCUT2D eigenvalue weighted by atomic mass is 10.2. The van der Waals surface area contributed by atoms with Gasteiger partial charge in [-0.1, -0.05) is 12.1 Å². The molecule has 8 heteroatoms. The molecule has 0 fully saturated rings. The fourth-order valence-corrected chi connectivity index (χ4v) is 2.16. The van der Waals surface area contributed by atoms with Crippen molar-refractivity contribution < 1.29 is 14.3 Å². The molecule has 4 N–H and O–H groups in total. The van der Waals surface area contributed by atoms with E-state index in [9.17, 15) is 9.59 Å². The Morgan fingerprint density at radius 2 is 2.17 bits per heavy atom. The van der Waals surface area contributed by atoms with Gasteiger partial charge in [0.2, 0.25) is 0 Å². The molecule has 2 rings (SSSR count). The molecule has 3 amide bonds. The van der Waals surface area contributed by atoms with Crippen molar-refractivity contribution in [1.82, 2.24) is 15.1 Å². The fraction of sp³-hybridized carbons (Fsp3) is 0.312. The van der Waals surface area contributed by atoms with Crippen LogP contribution >= 0.6 is 0 Å². The minimum absolute atomic E-state index is 0.146. The molecule has 0 aliphatic carbocycles. The summed E-state index contributed by atoms with van der Waals surface area (Å²) in [5.41, 5.74) is 6.81. The predicted molar refractivity (Wildman–Crippen MR) is 90.0 cm³/mol. The van der Waals surface area contributed by atoms with E-state index in [0.717, 1.165) is 11.3 Å². The van der Waals surface area contributed by atoms with E-state index < -0.39 is 11.9 Å². The molecule has 1 aromatic heterocycles. The minimum Gasteiger partial charge on any atom is -0.494 e. The predicted octanol–water partition coefficient (Wildman–Crippen LogP) is 1.42. The molecular formula is C16H21N5O3. The zero-order chi connectivity index (χ0) is 17.5. The first-order valence-corrected chi connectivity index (χ1v) is 7.53. The Hall–Kier alpha value is -3.03. The molecule has 128 valence electrons. The van der Waals surface area contributed by atoms with Crippen LogP contribution in [0.4, 0.5) is 10.5 Å². The minimum atomic E-state index is -0.656. The van der Waals surface area contributed by atoms with Crippen LogP contribution in [-0.2, 0) is 7.05 Å². The van der Waals surface area contributed by atoms with E-state index in [1.165, 1.54) is 10.9 Å². The molecule has 1 aromatic carbocycles. The molecule has 0 spiro atoms. The van der Waals surface area contributed by atoms with Gasteiger partial charge in [0.15, 0.2) is 0 Å². The Morgan fingerprint density at radius 3 is 2.88 bits per heavy atom. The summed E-state index contributed by atoms with van der Waals surface area (Å²) in [4.78, 5) is 23.1. The summed E-state index contributed by atoms with van der Waals surface area (Å²) in [7, 11) is 1.58. The molecule has 0 bridgehead atoms. The summed E-state index contributed by atoms with van der Waals surface area (Å²) in [6, 6.07) is 7.34. The standard InChI is InChI=1S/C16H21N5O3/c1-11-5-3-6-12(9-11)24-8-4-7-18-16(23)20-13-10-19-21(2)14(13)15(17)22/h3,5-6,9-10H,4,7-8H2,1-2H3,(H2,17,22)(H2,18,20,23). The number of hydrogen-bond acceptors (Lipinski definition) is 4. The van der Waals surface area contributed by atoms with Crippen LogP contribution in [0.15, 0.2) is 30.5 Å². The van der Waals surface area contributed by atoms with Crippen molar-refractivity contribution in [1.29, 1.82) is 0 Å². The van der Waals surface area contributed by atoms with Crippen molar-refractivity contribution in [2.24, 2.45) is 12.8 Å². The summed E-state index contributed by atoms with van der Waals surface area (Å²) < 4.78 is 6.91. The van der Waals surface area contributed by atoms with E-state index in [4.69, 9.17) is 10.5 Å². The normalized spacial score (nSPS) is 10.2.